The predicted molar refractivity (Wildman–Crippen MR) is 105 cm³/mol. The SMILES string of the molecule is CC(=O)c1ccc(NC(=O)/C(C#N)=C\NCCc2cccc(Br)c2)cc1. The molecule has 0 aliphatic heterocycles. The minimum atomic E-state index is -0.502. The molecular weight excluding hydrogens is 394 g/mol. The third-order valence-corrected chi connectivity index (χ3v) is 4.10. The first kappa shape index (κ1) is 19.4. The monoisotopic (exact) mass is 411 g/mol. The van der Waals surface area contributed by atoms with Crippen molar-refractivity contribution < 1.29 is 9.59 Å². The summed E-state index contributed by atoms with van der Waals surface area (Å²) in [6.07, 6.45) is 2.18. The molecule has 0 atom stereocenters. The van der Waals surface area contributed by atoms with E-state index in [0.717, 1.165) is 16.5 Å². The van der Waals surface area contributed by atoms with E-state index in [4.69, 9.17) is 0 Å². The minimum absolute atomic E-state index is 0.0186. The number of ketones is 1. The number of amides is 1. The first-order valence-corrected chi connectivity index (χ1v) is 8.79. The topological polar surface area (TPSA) is 82.0 Å². The van der Waals surface area contributed by atoms with E-state index in [9.17, 15) is 14.9 Å². The molecular formula is C20H18BrN3O2. The number of carbonyl (C=O) groups excluding carboxylic acids is 2. The lowest BCUT2D eigenvalue weighted by Crippen LogP contribution is -2.18. The summed E-state index contributed by atoms with van der Waals surface area (Å²) >= 11 is 3.42. The fourth-order valence-electron chi connectivity index (χ4n) is 2.22. The molecule has 0 unspecified atom stereocenters. The van der Waals surface area contributed by atoms with Crippen molar-refractivity contribution in [1.29, 1.82) is 5.26 Å². The molecule has 2 aromatic carbocycles. The van der Waals surface area contributed by atoms with E-state index in [1.165, 1.54) is 13.1 Å². The zero-order valence-electron chi connectivity index (χ0n) is 14.3. The van der Waals surface area contributed by atoms with E-state index in [1.807, 2.05) is 30.3 Å². The van der Waals surface area contributed by atoms with Gasteiger partial charge in [-0.2, -0.15) is 5.26 Å². The number of Topliss-reactive ketones (excluding diaryl/α,β-unsaturated/α-hetero) is 1. The van der Waals surface area contributed by atoms with Gasteiger partial charge in [0.25, 0.3) is 5.91 Å². The molecule has 0 bridgehead atoms. The number of halogens is 1. The van der Waals surface area contributed by atoms with E-state index in [0.29, 0.717) is 17.8 Å². The summed E-state index contributed by atoms with van der Waals surface area (Å²) in [6.45, 7) is 2.08. The highest BCUT2D eigenvalue weighted by molar-refractivity contribution is 9.10. The Kier molecular flexibility index (Phi) is 7.12. The molecule has 0 radical (unpaired) electrons. The second-order valence-corrected chi connectivity index (χ2v) is 6.51. The van der Waals surface area contributed by atoms with Gasteiger partial charge in [0.2, 0.25) is 0 Å². The summed E-state index contributed by atoms with van der Waals surface area (Å²) in [4.78, 5) is 23.4. The van der Waals surface area contributed by atoms with E-state index in [-0.39, 0.29) is 11.4 Å². The molecule has 1 amide bonds. The largest absolute Gasteiger partial charge is 0.389 e. The van der Waals surface area contributed by atoms with Gasteiger partial charge in [0.1, 0.15) is 11.6 Å². The highest BCUT2D eigenvalue weighted by atomic mass is 79.9. The zero-order chi connectivity index (χ0) is 18.9. The van der Waals surface area contributed by atoms with Crippen molar-refractivity contribution in [3.05, 3.63) is 75.9 Å². The van der Waals surface area contributed by atoms with Crippen LogP contribution in [0.4, 0.5) is 5.69 Å². The van der Waals surface area contributed by atoms with Crippen molar-refractivity contribution in [2.45, 2.75) is 13.3 Å². The van der Waals surface area contributed by atoms with Crippen LogP contribution in [0.2, 0.25) is 0 Å². The van der Waals surface area contributed by atoms with Crippen LogP contribution < -0.4 is 10.6 Å². The average molecular weight is 412 g/mol. The molecule has 0 saturated carbocycles. The normalized spacial score (nSPS) is 10.7. The van der Waals surface area contributed by atoms with Crippen molar-refractivity contribution in [2.24, 2.45) is 0 Å². The average Bonchev–Trinajstić information content (AvgIpc) is 2.62. The number of benzene rings is 2. The summed E-state index contributed by atoms with van der Waals surface area (Å²) in [6, 6.07) is 16.4. The van der Waals surface area contributed by atoms with Gasteiger partial charge in [-0.25, -0.2) is 0 Å². The Morgan fingerprint density at radius 3 is 2.54 bits per heavy atom. The lowest BCUT2D eigenvalue weighted by Gasteiger charge is -2.06. The van der Waals surface area contributed by atoms with E-state index >= 15 is 0 Å². The number of hydrogen-bond donors (Lipinski definition) is 2. The minimum Gasteiger partial charge on any atom is -0.389 e. The van der Waals surface area contributed by atoms with Gasteiger partial charge in [-0.1, -0.05) is 28.1 Å². The van der Waals surface area contributed by atoms with E-state index in [1.54, 1.807) is 24.3 Å². The van der Waals surface area contributed by atoms with Gasteiger partial charge in [0, 0.05) is 28.5 Å². The van der Waals surface area contributed by atoms with Gasteiger partial charge in [-0.05, 0) is 55.3 Å². The van der Waals surface area contributed by atoms with Crippen LogP contribution in [-0.4, -0.2) is 18.2 Å². The van der Waals surface area contributed by atoms with Crippen LogP contribution >= 0.6 is 15.9 Å². The van der Waals surface area contributed by atoms with Crippen molar-refractivity contribution in [2.75, 3.05) is 11.9 Å². The summed E-state index contributed by atoms with van der Waals surface area (Å²) in [5, 5.41) is 14.8. The van der Waals surface area contributed by atoms with Gasteiger partial charge in [-0.15, -0.1) is 0 Å². The fraction of sp³-hybridized carbons (Fsp3) is 0.150. The van der Waals surface area contributed by atoms with E-state index in [2.05, 4.69) is 26.6 Å². The molecule has 0 fully saturated rings. The van der Waals surface area contributed by atoms with Crippen LogP contribution in [0.5, 0.6) is 0 Å². The molecule has 6 heteroatoms. The second kappa shape index (κ2) is 9.54. The molecule has 26 heavy (non-hydrogen) atoms. The van der Waals surface area contributed by atoms with E-state index < -0.39 is 5.91 Å². The van der Waals surface area contributed by atoms with Crippen molar-refractivity contribution in [1.82, 2.24) is 5.32 Å². The summed E-state index contributed by atoms with van der Waals surface area (Å²) in [7, 11) is 0. The Morgan fingerprint density at radius 1 is 1.19 bits per heavy atom. The maximum atomic E-state index is 12.2. The second-order valence-electron chi connectivity index (χ2n) is 5.59. The number of carbonyl (C=O) groups is 2. The smallest absolute Gasteiger partial charge is 0.267 e. The van der Waals surface area contributed by atoms with Crippen molar-refractivity contribution >= 4 is 33.3 Å². The molecule has 0 heterocycles. The molecule has 132 valence electrons. The van der Waals surface area contributed by atoms with Crippen LogP contribution in [0, 0.1) is 11.3 Å². The molecule has 2 rings (SSSR count). The lowest BCUT2D eigenvalue weighted by molar-refractivity contribution is -0.112. The van der Waals surface area contributed by atoms with Crippen molar-refractivity contribution in [3.63, 3.8) is 0 Å². The highest BCUT2D eigenvalue weighted by Crippen LogP contribution is 2.12. The summed E-state index contributed by atoms with van der Waals surface area (Å²) in [5.41, 5.74) is 2.22. The molecule has 0 spiro atoms. The van der Waals surface area contributed by atoms with Crippen LogP contribution in [-0.2, 0) is 11.2 Å². The summed E-state index contributed by atoms with van der Waals surface area (Å²) in [5.74, 6) is -0.548. The zero-order valence-corrected chi connectivity index (χ0v) is 15.8. The molecule has 5 nitrogen and oxygen atoms in total. The quantitative estimate of drug-likeness (QED) is 0.314. The van der Waals surface area contributed by atoms with Gasteiger partial charge in [0.15, 0.2) is 5.78 Å². The van der Waals surface area contributed by atoms with Gasteiger partial charge >= 0.3 is 0 Å². The van der Waals surface area contributed by atoms with Crippen LogP contribution in [0.15, 0.2) is 64.8 Å². The third-order valence-electron chi connectivity index (χ3n) is 3.61. The molecule has 0 aliphatic carbocycles. The summed E-state index contributed by atoms with van der Waals surface area (Å²) < 4.78 is 1.01. The van der Waals surface area contributed by atoms with Gasteiger partial charge in [-0.3, -0.25) is 9.59 Å². The third kappa shape index (κ3) is 5.87. The standard InChI is InChI=1S/C20H18BrN3O2/c1-14(25)16-5-7-19(8-6-16)24-20(26)17(12-22)13-23-10-9-15-3-2-4-18(21)11-15/h2-8,11,13,23H,9-10H2,1H3,(H,24,26)/b17-13-. The number of rotatable bonds is 7. The number of hydrogen-bond acceptors (Lipinski definition) is 4. The Hall–Kier alpha value is -2.91. The maximum absolute atomic E-state index is 12.2. The van der Waals surface area contributed by atoms with Crippen LogP contribution in [0.1, 0.15) is 22.8 Å². The first-order chi connectivity index (χ1) is 12.5. The maximum Gasteiger partial charge on any atom is 0.267 e. The number of nitrogens with one attached hydrogen (secondary N) is 2. The Balaban J connectivity index is 1.90. The number of nitriles is 1. The molecule has 2 N–H and O–H groups in total. The number of nitrogens with zero attached hydrogens (tertiary/aromatic N) is 1. The predicted octanol–water partition coefficient (Wildman–Crippen LogP) is 3.83. The Morgan fingerprint density at radius 2 is 1.92 bits per heavy atom. The Bertz CT molecular complexity index is 867. The van der Waals surface area contributed by atoms with Gasteiger partial charge < -0.3 is 10.6 Å². The number of anilines is 1. The molecule has 0 saturated heterocycles. The van der Waals surface area contributed by atoms with Gasteiger partial charge in [0.05, 0.1) is 0 Å². The van der Waals surface area contributed by atoms with Crippen LogP contribution in [0.3, 0.4) is 0 Å². The first-order valence-electron chi connectivity index (χ1n) is 8.00. The highest BCUT2D eigenvalue weighted by Gasteiger charge is 2.09. The van der Waals surface area contributed by atoms with Crippen molar-refractivity contribution in [3.8, 4) is 6.07 Å². The lowest BCUT2D eigenvalue weighted by atomic mass is 10.1. The molecule has 0 aliphatic rings. The Labute approximate surface area is 160 Å². The molecule has 0 aromatic heterocycles. The fourth-order valence-corrected chi connectivity index (χ4v) is 2.67. The van der Waals surface area contributed by atoms with Crippen LogP contribution in [0.25, 0.3) is 0 Å². The molecule has 2 aromatic rings.